The lowest BCUT2D eigenvalue weighted by Crippen LogP contribution is -2.69. The van der Waals surface area contributed by atoms with Crippen molar-refractivity contribution in [2.75, 3.05) is 33.7 Å². The van der Waals surface area contributed by atoms with Crippen molar-refractivity contribution < 1.29 is 47.9 Å². The molecule has 4 aliphatic rings. The number of carbonyl (C=O) groups is 1. The second-order valence-electron chi connectivity index (χ2n) is 16.4. The van der Waals surface area contributed by atoms with E-state index in [1.807, 2.05) is 48.5 Å². The Bertz CT molecular complexity index is 2270. The van der Waals surface area contributed by atoms with Crippen LogP contribution in [0.4, 0.5) is 4.39 Å². The lowest BCUT2D eigenvalue weighted by atomic mass is 9.55. The molecule has 4 aromatic rings. The third-order valence-corrected chi connectivity index (χ3v) is 12.7. The molecule has 0 bridgehead atoms. The number of hydrogen-bond donors (Lipinski definition) is 2. The number of unbranched alkanes of at least 4 members (excludes halogenated alkanes) is 2. The van der Waals surface area contributed by atoms with E-state index in [-0.39, 0.29) is 75.7 Å². The van der Waals surface area contributed by atoms with E-state index in [2.05, 4.69) is 12.7 Å². The van der Waals surface area contributed by atoms with Crippen LogP contribution in [-0.2, 0) is 22.8 Å². The van der Waals surface area contributed by atoms with Crippen molar-refractivity contribution in [2.45, 2.75) is 75.9 Å². The van der Waals surface area contributed by atoms with Crippen molar-refractivity contribution in [3.05, 3.63) is 143 Å². The maximum absolute atomic E-state index is 14.8. The molecule has 0 radical (unpaired) electrons. The topological polar surface area (TPSA) is 129 Å². The Morgan fingerprint density at radius 2 is 1.68 bits per heavy atom. The van der Waals surface area contributed by atoms with Crippen LogP contribution in [0, 0.1) is 23.6 Å². The minimum absolute atomic E-state index is 0.0188. The van der Waals surface area contributed by atoms with E-state index in [4.69, 9.17) is 33.7 Å². The maximum atomic E-state index is 14.8. The Morgan fingerprint density at radius 3 is 2.47 bits per heavy atom. The lowest BCUT2D eigenvalue weighted by Gasteiger charge is -2.59. The van der Waals surface area contributed by atoms with E-state index in [1.165, 1.54) is 6.07 Å². The number of halogens is 1. The fourth-order valence-corrected chi connectivity index (χ4v) is 9.73. The van der Waals surface area contributed by atoms with Crippen molar-refractivity contribution in [1.82, 2.24) is 4.90 Å². The van der Waals surface area contributed by atoms with Gasteiger partial charge in [0.1, 0.15) is 36.6 Å². The fourth-order valence-electron chi connectivity index (χ4n) is 9.73. The number of allylic oxidation sites excluding steroid dienone is 1. The number of fused-ring (bicyclic) bond motifs is 3. The van der Waals surface area contributed by atoms with Gasteiger partial charge in [0.2, 0.25) is 12.6 Å². The normalized spacial score (nSPS) is 23.7. The van der Waals surface area contributed by atoms with Crippen LogP contribution in [0.3, 0.4) is 0 Å². The van der Waals surface area contributed by atoms with Gasteiger partial charge in [0.05, 0.1) is 18.2 Å². The number of likely N-dealkylation sites (N-methyl/N-ethyl adjacent to an activating group) is 1. The molecular weight excluding hydrogens is 792 g/mol. The lowest BCUT2D eigenvalue weighted by molar-refractivity contribution is -0.252. The first kappa shape index (κ1) is 43.0. The largest absolute Gasteiger partial charge is 0.489 e. The van der Waals surface area contributed by atoms with Gasteiger partial charge in [-0.05, 0) is 91.1 Å². The Hall–Kier alpha value is -5.69. The minimum atomic E-state index is -1.43. The molecule has 326 valence electrons. The molecule has 0 spiro atoms. The summed E-state index contributed by atoms with van der Waals surface area (Å²) in [7, 11) is 1.76. The van der Waals surface area contributed by atoms with Crippen LogP contribution < -0.4 is 18.9 Å². The standard InChI is InChI=1S/C50H55FN2O9/c1-3-25-60-50-46(53(2)49(56)35-19-21-44-45(27-35)59-32-58-44)29-42(52-61-30-33-13-5-4-6-14-33)39-26-34(15-9-11-23-54)38(17-10-12-24-55)47(48(39)50)40-28-37(20-22-43(40)62-50)57-31-36-16-7-8-18-41(36)51/h3-8,13-14,16,18-22,26-28,34,38,46-48,54-55H,1,9-12,15,17,23-25,29-32H2,2H3. The summed E-state index contributed by atoms with van der Waals surface area (Å²) in [6.45, 7) is 4.66. The van der Waals surface area contributed by atoms with Crippen LogP contribution in [0.2, 0.25) is 0 Å². The molecule has 4 aromatic carbocycles. The van der Waals surface area contributed by atoms with Gasteiger partial charge < -0.3 is 43.6 Å². The van der Waals surface area contributed by atoms with Crippen molar-refractivity contribution in [1.29, 1.82) is 0 Å². The molecule has 2 heterocycles. The number of oxime groups is 1. The number of ether oxygens (including phenoxy) is 5. The number of rotatable bonds is 19. The molecule has 62 heavy (non-hydrogen) atoms. The van der Waals surface area contributed by atoms with Gasteiger partial charge in [0.25, 0.3) is 5.91 Å². The van der Waals surface area contributed by atoms with Crippen LogP contribution in [0.1, 0.15) is 77.9 Å². The summed E-state index contributed by atoms with van der Waals surface area (Å²) in [5, 5.41) is 24.8. The number of hydrogen-bond acceptors (Lipinski definition) is 10. The van der Waals surface area contributed by atoms with Gasteiger partial charge >= 0.3 is 0 Å². The van der Waals surface area contributed by atoms with Gasteiger partial charge in [-0.1, -0.05) is 78.7 Å². The highest BCUT2D eigenvalue weighted by Gasteiger charge is 2.65. The molecule has 2 N–H and O–H groups in total. The summed E-state index contributed by atoms with van der Waals surface area (Å²) >= 11 is 0. The molecule has 11 nitrogen and oxygen atoms in total. The van der Waals surface area contributed by atoms with E-state index in [9.17, 15) is 19.4 Å². The monoisotopic (exact) mass is 846 g/mol. The molecule has 1 amide bonds. The third-order valence-electron chi connectivity index (χ3n) is 12.7. The first-order valence-corrected chi connectivity index (χ1v) is 21.6. The predicted octanol–water partition coefficient (Wildman–Crippen LogP) is 8.74. The zero-order valence-electron chi connectivity index (χ0n) is 35.1. The zero-order valence-corrected chi connectivity index (χ0v) is 35.1. The highest BCUT2D eigenvalue weighted by atomic mass is 19.1. The summed E-state index contributed by atoms with van der Waals surface area (Å²) in [5.74, 6) is -0.532. The molecule has 0 saturated heterocycles. The molecule has 6 atom stereocenters. The van der Waals surface area contributed by atoms with Gasteiger partial charge in [-0.25, -0.2) is 4.39 Å². The van der Waals surface area contributed by atoms with Crippen molar-refractivity contribution >= 4 is 11.6 Å². The third kappa shape index (κ3) is 8.82. The van der Waals surface area contributed by atoms with Crippen LogP contribution in [0.5, 0.6) is 23.0 Å². The summed E-state index contributed by atoms with van der Waals surface area (Å²) < 4.78 is 46.6. The molecular formula is C50H55FN2O9. The van der Waals surface area contributed by atoms with Gasteiger partial charge in [-0.2, -0.15) is 0 Å². The molecule has 0 aromatic heterocycles. The Balaban J connectivity index is 1.28. The van der Waals surface area contributed by atoms with E-state index < -0.39 is 17.7 Å². The first-order chi connectivity index (χ1) is 30.3. The number of aliphatic hydroxyl groups is 2. The van der Waals surface area contributed by atoms with E-state index in [0.29, 0.717) is 52.7 Å². The molecule has 2 aliphatic carbocycles. The molecule has 1 fully saturated rings. The van der Waals surface area contributed by atoms with E-state index >= 15 is 0 Å². The number of amides is 1. The van der Waals surface area contributed by atoms with Crippen molar-refractivity contribution in [3.8, 4) is 23.0 Å². The second-order valence-corrected chi connectivity index (χ2v) is 16.4. The number of carbonyl (C=O) groups excluding carboxylic acids is 1. The molecule has 1 saturated carbocycles. The average molecular weight is 847 g/mol. The maximum Gasteiger partial charge on any atom is 0.254 e. The number of nitrogens with zero attached hydrogens (tertiary/aromatic N) is 2. The summed E-state index contributed by atoms with van der Waals surface area (Å²) in [6.07, 6.45) is 8.70. The smallest absolute Gasteiger partial charge is 0.254 e. The van der Waals surface area contributed by atoms with E-state index in [0.717, 1.165) is 42.4 Å². The fraction of sp³-hybridized carbons (Fsp3) is 0.400. The van der Waals surface area contributed by atoms with Crippen LogP contribution in [0.25, 0.3) is 0 Å². The van der Waals surface area contributed by atoms with Crippen molar-refractivity contribution in [3.63, 3.8) is 0 Å². The molecule has 8 rings (SSSR count). The SMILES string of the molecule is C=CCOC12Oc3ccc(OCc4ccccc4F)cc3C3C(CCCCO)C(CCCCO)C=C(C(=NOCc4ccccc4)CC1N(C)C(=O)c1ccc4c(c1)OCO4)C32. The summed E-state index contributed by atoms with van der Waals surface area (Å²) in [6, 6.07) is 26.5. The van der Waals surface area contributed by atoms with Gasteiger partial charge in [0, 0.05) is 49.3 Å². The average Bonchev–Trinajstić information content (AvgIpc) is 3.78. The summed E-state index contributed by atoms with van der Waals surface area (Å²) in [5.41, 5.74) is 4.32. The molecule has 12 heteroatoms. The highest BCUT2D eigenvalue weighted by Crippen LogP contribution is 2.62. The van der Waals surface area contributed by atoms with Gasteiger partial charge in [-0.15, -0.1) is 6.58 Å². The number of aliphatic hydroxyl groups excluding tert-OH is 2. The van der Waals surface area contributed by atoms with Gasteiger partial charge in [0.15, 0.2) is 11.5 Å². The Morgan fingerprint density at radius 1 is 0.919 bits per heavy atom. The van der Waals surface area contributed by atoms with Crippen molar-refractivity contribution in [2.24, 2.45) is 22.9 Å². The second kappa shape index (κ2) is 19.6. The van der Waals surface area contributed by atoms with E-state index in [1.54, 1.807) is 54.4 Å². The Kier molecular flexibility index (Phi) is 13.6. The highest BCUT2D eigenvalue weighted by molar-refractivity contribution is 6.03. The molecule has 2 aliphatic heterocycles. The molecule has 6 unspecified atom stereocenters. The predicted molar refractivity (Wildman–Crippen MR) is 232 cm³/mol. The quantitative estimate of drug-likeness (QED) is 0.0541. The Labute approximate surface area is 362 Å². The summed E-state index contributed by atoms with van der Waals surface area (Å²) in [4.78, 5) is 22.6. The van der Waals surface area contributed by atoms with Gasteiger partial charge in [-0.3, -0.25) is 4.79 Å². The van der Waals surface area contributed by atoms with Crippen LogP contribution in [-0.4, -0.2) is 72.2 Å². The zero-order chi connectivity index (χ0) is 43.1. The van der Waals surface area contributed by atoms with Crippen LogP contribution >= 0.6 is 0 Å². The van der Waals surface area contributed by atoms with Crippen LogP contribution in [0.15, 0.2) is 120 Å². The number of benzene rings is 4. The first-order valence-electron chi connectivity index (χ1n) is 21.6. The minimum Gasteiger partial charge on any atom is -0.489 e.